The van der Waals surface area contributed by atoms with Gasteiger partial charge in [0.15, 0.2) is 24.5 Å². The standard InChI is InChI=1S/C37H64N2O11/c1-32(2,3)25(26(41)38-37(16,17)18)39(20-40)27-24(50-31(45)36(13,14)15)23(49-30(44)35(10,11)12)22(48-29(43)34(7,8)9)21(47-27)19-46-28(42)33(4,5)6/h20-25,27H,19H2,1-18H3,(H,38,41)/t21?,22-,23?,24?,25-,27+/m0/s1. The van der Waals surface area contributed by atoms with E-state index in [2.05, 4.69) is 5.32 Å². The zero-order valence-corrected chi connectivity index (χ0v) is 33.7. The number of rotatable bonds is 9. The Labute approximate surface area is 299 Å². The smallest absolute Gasteiger partial charge is 0.311 e. The Hall–Kier alpha value is -3.22. The molecule has 0 aliphatic carbocycles. The number of carbonyl (C=O) groups excluding carboxylic acids is 6. The molecule has 0 aromatic heterocycles. The van der Waals surface area contributed by atoms with Gasteiger partial charge in [0, 0.05) is 5.54 Å². The average molecular weight is 713 g/mol. The fourth-order valence-corrected chi connectivity index (χ4v) is 4.63. The summed E-state index contributed by atoms with van der Waals surface area (Å²) in [4.78, 5) is 82.0. The Bertz CT molecular complexity index is 1250. The highest BCUT2D eigenvalue weighted by Gasteiger charge is 2.58. The Morgan fingerprint density at radius 1 is 0.620 bits per heavy atom. The van der Waals surface area contributed by atoms with E-state index in [0.29, 0.717) is 6.41 Å². The number of amides is 2. The SMILES string of the molecule is CC(C)(C)NC(=O)[C@H](N(C=O)[C@@H]1OC(COC(=O)C(C)(C)C)[C@H](OC(=O)C(C)(C)C)C(OC(=O)C(C)(C)C)C1OC(=O)C(C)(C)C)C(C)(C)C. The largest absolute Gasteiger partial charge is 0.462 e. The van der Waals surface area contributed by atoms with E-state index in [0.717, 1.165) is 4.90 Å². The van der Waals surface area contributed by atoms with Gasteiger partial charge in [-0.05, 0) is 109 Å². The van der Waals surface area contributed by atoms with Gasteiger partial charge in [0.05, 0.1) is 21.7 Å². The first kappa shape index (κ1) is 44.8. The number of esters is 4. The highest BCUT2D eigenvalue weighted by atomic mass is 16.7. The van der Waals surface area contributed by atoms with E-state index in [1.807, 2.05) is 0 Å². The maximum atomic E-state index is 14.0. The van der Waals surface area contributed by atoms with Crippen LogP contribution in [-0.2, 0) is 52.5 Å². The molecule has 1 rings (SSSR count). The molecule has 2 amide bonds. The van der Waals surface area contributed by atoms with E-state index in [9.17, 15) is 28.8 Å². The molecule has 1 heterocycles. The van der Waals surface area contributed by atoms with E-state index in [1.54, 1.807) is 125 Å². The molecule has 0 spiro atoms. The minimum atomic E-state index is -1.61. The Morgan fingerprint density at radius 3 is 1.34 bits per heavy atom. The van der Waals surface area contributed by atoms with Crippen LogP contribution in [0.1, 0.15) is 125 Å². The van der Waals surface area contributed by atoms with Crippen LogP contribution in [0.5, 0.6) is 0 Å². The molecule has 6 atom stereocenters. The van der Waals surface area contributed by atoms with Crippen molar-refractivity contribution < 1.29 is 52.5 Å². The van der Waals surface area contributed by atoms with Crippen molar-refractivity contribution in [1.29, 1.82) is 0 Å². The molecule has 0 saturated carbocycles. The van der Waals surface area contributed by atoms with E-state index in [4.69, 9.17) is 23.7 Å². The third-order valence-corrected chi connectivity index (χ3v) is 7.45. The molecule has 1 saturated heterocycles. The zero-order valence-electron chi connectivity index (χ0n) is 33.7. The number of nitrogens with zero attached hydrogens (tertiary/aromatic N) is 1. The first-order valence-corrected chi connectivity index (χ1v) is 17.1. The molecule has 0 aromatic rings. The molecule has 1 N–H and O–H groups in total. The molecule has 0 bridgehead atoms. The number of ether oxygens (including phenoxy) is 5. The third-order valence-electron chi connectivity index (χ3n) is 7.45. The number of hydrogen-bond donors (Lipinski definition) is 1. The van der Waals surface area contributed by atoms with Crippen molar-refractivity contribution in [2.45, 2.75) is 167 Å². The van der Waals surface area contributed by atoms with Gasteiger partial charge in [-0.3, -0.25) is 28.8 Å². The van der Waals surface area contributed by atoms with Crippen LogP contribution in [0.25, 0.3) is 0 Å². The van der Waals surface area contributed by atoms with Crippen molar-refractivity contribution in [2.24, 2.45) is 27.1 Å². The quantitative estimate of drug-likeness (QED) is 0.195. The van der Waals surface area contributed by atoms with Crippen molar-refractivity contribution in [3.8, 4) is 0 Å². The predicted octanol–water partition coefficient (Wildman–Crippen LogP) is 4.96. The summed E-state index contributed by atoms with van der Waals surface area (Å²) in [5.41, 5.74) is -5.74. The molecule has 13 heteroatoms. The van der Waals surface area contributed by atoms with E-state index < -0.39 is 106 Å². The molecule has 1 fully saturated rings. The average Bonchev–Trinajstić information content (AvgIpc) is 2.88. The lowest BCUT2D eigenvalue weighted by Gasteiger charge is -2.50. The summed E-state index contributed by atoms with van der Waals surface area (Å²) in [5.74, 6) is -3.32. The summed E-state index contributed by atoms with van der Waals surface area (Å²) < 4.78 is 30.3. The molecular formula is C37H64N2O11. The number of carbonyl (C=O) groups is 6. The second-order valence-corrected chi connectivity index (χ2v) is 19.3. The van der Waals surface area contributed by atoms with Gasteiger partial charge in [0.2, 0.25) is 12.3 Å². The molecule has 13 nitrogen and oxygen atoms in total. The van der Waals surface area contributed by atoms with Crippen LogP contribution < -0.4 is 5.32 Å². The monoisotopic (exact) mass is 712 g/mol. The molecule has 1 aliphatic heterocycles. The van der Waals surface area contributed by atoms with Crippen molar-refractivity contribution in [1.82, 2.24) is 10.2 Å². The van der Waals surface area contributed by atoms with Gasteiger partial charge < -0.3 is 33.9 Å². The summed E-state index contributed by atoms with van der Waals surface area (Å²) in [7, 11) is 0. The van der Waals surface area contributed by atoms with Crippen molar-refractivity contribution in [2.75, 3.05) is 6.61 Å². The Kier molecular flexibility index (Phi) is 14.0. The van der Waals surface area contributed by atoms with Gasteiger partial charge in [0.1, 0.15) is 18.8 Å². The first-order chi connectivity index (χ1) is 22.1. The predicted molar refractivity (Wildman–Crippen MR) is 186 cm³/mol. The van der Waals surface area contributed by atoms with Gasteiger partial charge >= 0.3 is 23.9 Å². The number of hydrogen-bond acceptors (Lipinski definition) is 11. The van der Waals surface area contributed by atoms with Crippen LogP contribution in [0.3, 0.4) is 0 Å². The van der Waals surface area contributed by atoms with Gasteiger partial charge in [-0.1, -0.05) is 20.8 Å². The highest BCUT2D eigenvalue weighted by molar-refractivity contribution is 5.85. The maximum absolute atomic E-state index is 14.0. The second-order valence-electron chi connectivity index (χ2n) is 19.3. The zero-order chi connectivity index (χ0) is 39.6. The van der Waals surface area contributed by atoms with Crippen LogP contribution in [0.2, 0.25) is 0 Å². The topological polar surface area (TPSA) is 164 Å². The van der Waals surface area contributed by atoms with Gasteiger partial charge in [-0.15, -0.1) is 0 Å². The summed E-state index contributed by atoms with van der Waals surface area (Å²) in [5, 5.41) is 2.92. The van der Waals surface area contributed by atoms with Crippen LogP contribution in [0.15, 0.2) is 0 Å². The molecule has 50 heavy (non-hydrogen) atoms. The van der Waals surface area contributed by atoms with Crippen LogP contribution >= 0.6 is 0 Å². The van der Waals surface area contributed by atoms with E-state index in [1.165, 1.54) is 0 Å². The minimum absolute atomic E-state index is 0.406. The molecule has 0 radical (unpaired) electrons. The summed E-state index contributed by atoms with van der Waals surface area (Å²) in [6.45, 7) is 29.7. The van der Waals surface area contributed by atoms with Gasteiger partial charge in [-0.25, -0.2) is 0 Å². The van der Waals surface area contributed by atoms with Crippen molar-refractivity contribution in [3.63, 3.8) is 0 Å². The summed E-state index contributed by atoms with van der Waals surface area (Å²) in [6, 6.07) is -1.22. The summed E-state index contributed by atoms with van der Waals surface area (Å²) in [6.07, 6.45) is -7.21. The molecule has 1 aliphatic rings. The first-order valence-electron chi connectivity index (χ1n) is 17.1. The normalized spacial score (nSPS) is 22.8. The molecule has 3 unspecified atom stereocenters. The Morgan fingerprint density at radius 2 is 1.00 bits per heavy atom. The van der Waals surface area contributed by atoms with Gasteiger partial charge in [-0.2, -0.15) is 0 Å². The van der Waals surface area contributed by atoms with E-state index >= 15 is 0 Å². The van der Waals surface area contributed by atoms with Gasteiger partial charge in [0.25, 0.3) is 0 Å². The lowest BCUT2D eigenvalue weighted by Crippen LogP contribution is -2.70. The van der Waals surface area contributed by atoms with Crippen LogP contribution in [-0.4, -0.2) is 89.9 Å². The molecule has 0 aromatic carbocycles. The third kappa shape index (κ3) is 12.5. The maximum Gasteiger partial charge on any atom is 0.311 e. The van der Waals surface area contributed by atoms with Crippen LogP contribution in [0.4, 0.5) is 0 Å². The number of nitrogens with one attached hydrogen (secondary N) is 1. The highest BCUT2D eigenvalue weighted by Crippen LogP contribution is 2.37. The fourth-order valence-electron chi connectivity index (χ4n) is 4.63. The minimum Gasteiger partial charge on any atom is -0.462 e. The van der Waals surface area contributed by atoms with Crippen molar-refractivity contribution >= 4 is 36.2 Å². The molecule has 288 valence electrons. The molecular weight excluding hydrogens is 648 g/mol. The van der Waals surface area contributed by atoms with E-state index in [-0.39, 0.29) is 0 Å². The lowest BCUT2D eigenvalue weighted by molar-refractivity contribution is -0.284. The Balaban J connectivity index is 4.21. The van der Waals surface area contributed by atoms with Crippen molar-refractivity contribution in [3.05, 3.63) is 0 Å². The fraction of sp³-hybridized carbons (Fsp3) is 0.838. The second kappa shape index (κ2) is 15.6. The summed E-state index contributed by atoms with van der Waals surface area (Å²) >= 11 is 0. The lowest BCUT2D eigenvalue weighted by atomic mass is 9.83. The van der Waals surface area contributed by atoms with Crippen LogP contribution in [0, 0.1) is 27.1 Å².